The Bertz CT molecular complexity index is 993. The van der Waals surface area contributed by atoms with Crippen LogP contribution in [0.25, 0.3) is 11.4 Å². The van der Waals surface area contributed by atoms with Gasteiger partial charge in [0.1, 0.15) is 18.2 Å². The summed E-state index contributed by atoms with van der Waals surface area (Å²) in [6.45, 7) is 2.06. The lowest BCUT2D eigenvalue weighted by atomic mass is 10.2. The van der Waals surface area contributed by atoms with Crippen LogP contribution in [-0.2, 0) is 11.3 Å². The van der Waals surface area contributed by atoms with E-state index in [0.717, 1.165) is 16.9 Å². The van der Waals surface area contributed by atoms with E-state index in [4.69, 9.17) is 9.47 Å². The van der Waals surface area contributed by atoms with Gasteiger partial charge in [-0.25, -0.2) is 8.78 Å². The number of benzene rings is 2. The van der Waals surface area contributed by atoms with Gasteiger partial charge in [-0.05, 0) is 42.5 Å². The molecule has 0 saturated carbocycles. The molecule has 10 heteroatoms. The third-order valence-corrected chi connectivity index (χ3v) is 3.66. The van der Waals surface area contributed by atoms with Crippen molar-refractivity contribution < 1.29 is 23.0 Å². The number of anilines is 1. The van der Waals surface area contributed by atoms with Gasteiger partial charge in [0.25, 0.3) is 0 Å². The average molecular weight is 389 g/mol. The van der Waals surface area contributed by atoms with E-state index in [2.05, 4.69) is 20.7 Å². The second-order valence-corrected chi connectivity index (χ2v) is 5.61. The Kier molecular flexibility index (Phi) is 5.78. The van der Waals surface area contributed by atoms with E-state index in [-0.39, 0.29) is 18.1 Å². The number of amides is 1. The van der Waals surface area contributed by atoms with E-state index in [9.17, 15) is 13.6 Å². The molecule has 1 aromatic heterocycles. The third kappa shape index (κ3) is 4.40. The van der Waals surface area contributed by atoms with Gasteiger partial charge in [-0.1, -0.05) is 0 Å². The quantitative estimate of drug-likeness (QED) is 0.668. The number of aromatic nitrogens is 4. The fraction of sp³-hybridized carbons (Fsp3) is 0.222. The van der Waals surface area contributed by atoms with Gasteiger partial charge in [0, 0.05) is 11.6 Å². The lowest BCUT2D eigenvalue weighted by molar-refractivity contribution is -0.117. The minimum Gasteiger partial charge on any atom is -0.493 e. The molecule has 0 saturated heterocycles. The van der Waals surface area contributed by atoms with Crippen LogP contribution in [0, 0.1) is 11.6 Å². The first-order chi connectivity index (χ1) is 13.5. The summed E-state index contributed by atoms with van der Waals surface area (Å²) >= 11 is 0. The van der Waals surface area contributed by atoms with Gasteiger partial charge in [0.05, 0.1) is 19.4 Å². The minimum atomic E-state index is -0.873. The molecule has 0 aliphatic carbocycles. The topological polar surface area (TPSA) is 91.2 Å². The van der Waals surface area contributed by atoms with Crippen molar-refractivity contribution in [2.75, 3.05) is 19.0 Å². The predicted molar refractivity (Wildman–Crippen MR) is 96.0 cm³/mol. The van der Waals surface area contributed by atoms with Gasteiger partial charge in [0.15, 0.2) is 11.5 Å². The molecule has 0 spiro atoms. The second-order valence-electron chi connectivity index (χ2n) is 5.61. The van der Waals surface area contributed by atoms with Crippen molar-refractivity contribution in [3.63, 3.8) is 0 Å². The van der Waals surface area contributed by atoms with Crippen LogP contribution >= 0.6 is 0 Å². The van der Waals surface area contributed by atoms with Crippen molar-refractivity contribution in [3.8, 4) is 22.9 Å². The first kappa shape index (κ1) is 19.2. The molecule has 2 aromatic carbocycles. The van der Waals surface area contributed by atoms with Crippen molar-refractivity contribution in [3.05, 3.63) is 48.0 Å². The maximum atomic E-state index is 13.6. The van der Waals surface area contributed by atoms with E-state index in [1.165, 1.54) is 7.11 Å². The summed E-state index contributed by atoms with van der Waals surface area (Å²) in [5, 5.41) is 14.2. The number of methoxy groups -OCH3 is 1. The van der Waals surface area contributed by atoms with E-state index in [1.54, 1.807) is 18.2 Å². The molecule has 0 atom stereocenters. The molecule has 1 amide bonds. The van der Waals surface area contributed by atoms with Crippen molar-refractivity contribution in [1.82, 2.24) is 20.2 Å². The number of carbonyl (C=O) groups excluding carboxylic acids is 1. The summed E-state index contributed by atoms with van der Waals surface area (Å²) in [6, 6.07) is 8.02. The molecule has 0 unspecified atom stereocenters. The lowest BCUT2D eigenvalue weighted by Gasteiger charge is -2.09. The Labute approximate surface area is 159 Å². The molecule has 0 fully saturated rings. The number of nitrogens with one attached hydrogen (secondary N) is 1. The number of ether oxygens (including phenoxy) is 2. The van der Waals surface area contributed by atoms with Crippen molar-refractivity contribution >= 4 is 11.6 Å². The van der Waals surface area contributed by atoms with Gasteiger partial charge in [-0.3, -0.25) is 4.79 Å². The van der Waals surface area contributed by atoms with E-state index in [1.807, 2.05) is 6.92 Å². The normalized spacial score (nSPS) is 10.6. The number of rotatable bonds is 7. The van der Waals surface area contributed by atoms with E-state index in [0.29, 0.717) is 29.7 Å². The Morgan fingerprint density at radius 1 is 1.18 bits per heavy atom. The summed E-state index contributed by atoms with van der Waals surface area (Å²) in [6.07, 6.45) is 0. The van der Waals surface area contributed by atoms with Crippen LogP contribution in [0.2, 0.25) is 0 Å². The number of nitrogens with zero attached hydrogens (tertiary/aromatic N) is 4. The fourth-order valence-electron chi connectivity index (χ4n) is 2.42. The molecular formula is C18H17F2N5O3. The summed E-state index contributed by atoms with van der Waals surface area (Å²) in [5.41, 5.74) is 0.486. The van der Waals surface area contributed by atoms with Crippen LogP contribution in [0.15, 0.2) is 36.4 Å². The molecule has 1 N–H and O–H groups in total. The molecule has 0 radical (unpaired) electrons. The highest BCUT2D eigenvalue weighted by Crippen LogP contribution is 2.31. The largest absolute Gasteiger partial charge is 0.493 e. The number of halogens is 2. The first-order valence-corrected chi connectivity index (χ1v) is 8.34. The maximum Gasteiger partial charge on any atom is 0.248 e. The van der Waals surface area contributed by atoms with Gasteiger partial charge in [0.2, 0.25) is 11.7 Å². The number of tetrazole rings is 1. The Balaban J connectivity index is 1.71. The average Bonchev–Trinajstić information content (AvgIpc) is 3.13. The molecule has 3 rings (SSSR count). The summed E-state index contributed by atoms with van der Waals surface area (Å²) in [4.78, 5) is 13.1. The van der Waals surface area contributed by atoms with Crippen LogP contribution in [0.3, 0.4) is 0 Å². The zero-order chi connectivity index (χ0) is 20.1. The van der Waals surface area contributed by atoms with Crippen LogP contribution in [-0.4, -0.2) is 39.8 Å². The Morgan fingerprint density at radius 3 is 2.71 bits per heavy atom. The molecule has 8 nitrogen and oxygen atoms in total. The van der Waals surface area contributed by atoms with Crippen molar-refractivity contribution in [2.45, 2.75) is 13.5 Å². The first-order valence-electron chi connectivity index (χ1n) is 8.34. The summed E-state index contributed by atoms with van der Waals surface area (Å²) in [5.74, 6) is -0.811. The monoisotopic (exact) mass is 389 g/mol. The lowest BCUT2D eigenvalue weighted by Crippen LogP contribution is -2.21. The van der Waals surface area contributed by atoms with Gasteiger partial charge in [-0.2, -0.15) is 4.80 Å². The van der Waals surface area contributed by atoms with E-state index >= 15 is 0 Å². The van der Waals surface area contributed by atoms with Gasteiger partial charge < -0.3 is 14.8 Å². The molecule has 28 heavy (non-hydrogen) atoms. The second kappa shape index (κ2) is 8.42. The minimum absolute atomic E-state index is 0.136. The van der Waals surface area contributed by atoms with Crippen LogP contribution < -0.4 is 14.8 Å². The van der Waals surface area contributed by atoms with Crippen LogP contribution in [0.5, 0.6) is 11.5 Å². The highest BCUT2D eigenvalue weighted by Gasteiger charge is 2.14. The standard InChI is InChI=1S/C18H17F2N5O3/c1-3-28-15-7-4-11(8-16(15)27-2)18-22-24-25(23-18)10-17(26)21-14-6-5-12(19)9-13(14)20/h4-9H,3,10H2,1-2H3,(H,21,26). The van der Waals surface area contributed by atoms with E-state index < -0.39 is 17.5 Å². The zero-order valence-electron chi connectivity index (χ0n) is 15.1. The number of carbonyl (C=O) groups is 1. The zero-order valence-corrected chi connectivity index (χ0v) is 15.1. The molecule has 0 aliphatic rings. The highest BCUT2D eigenvalue weighted by atomic mass is 19.1. The fourth-order valence-corrected chi connectivity index (χ4v) is 2.42. The van der Waals surface area contributed by atoms with Gasteiger partial charge >= 0.3 is 0 Å². The van der Waals surface area contributed by atoms with Crippen LogP contribution in [0.4, 0.5) is 14.5 Å². The Hall–Kier alpha value is -3.56. The van der Waals surface area contributed by atoms with Crippen molar-refractivity contribution in [2.24, 2.45) is 0 Å². The maximum absolute atomic E-state index is 13.6. The number of hydrogen-bond acceptors (Lipinski definition) is 6. The Morgan fingerprint density at radius 2 is 2.00 bits per heavy atom. The molecule has 1 heterocycles. The van der Waals surface area contributed by atoms with Gasteiger partial charge in [-0.15, -0.1) is 10.2 Å². The molecule has 0 bridgehead atoms. The molecule has 3 aromatic rings. The highest BCUT2D eigenvalue weighted by molar-refractivity contribution is 5.90. The predicted octanol–water partition coefficient (Wildman–Crippen LogP) is 2.66. The molecule has 146 valence electrons. The summed E-state index contributed by atoms with van der Waals surface area (Å²) in [7, 11) is 1.52. The molecule has 0 aliphatic heterocycles. The van der Waals surface area contributed by atoms with Crippen molar-refractivity contribution in [1.29, 1.82) is 0 Å². The summed E-state index contributed by atoms with van der Waals surface area (Å²) < 4.78 is 37.3. The number of hydrogen-bond donors (Lipinski definition) is 1. The SMILES string of the molecule is CCOc1ccc(-c2nnn(CC(=O)Nc3ccc(F)cc3F)n2)cc1OC. The molecular weight excluding hydrogens is 372 g/mol. The van der Waals surface area contributed by atoms with Crippen LogP contribution in [0.1, 0.15) is 6.92 Å². The smallest absolute Gasteiger partial charge is 0.248 e. The third-order valence-electron chi connectivity index (χ3n) is 3.66.